The Morgan fingerprint density at radius 2 is 1.73 bits per heavy atom. The molecule has 2 rings (SSSR count). The normalized spacial score (nSPS) is 22.2. The van der Waals surface area contributed by atoms with Crippen LogP contribution in [-0.2, 0) is 16.4 Å². The molecule has 0 saturated carbocycles. The number of anilines is 1. The van der Waals surface area contributed by atoms with Crippen molar-refractivity contribution in [3.63, 3.8) is 0 Å². The fraction of sp³-hybridized carbons (Fsp3) is 0.500. The van der Waals surface area contributed by atoms with Crippen molar-refractivity contribution in [3.8, 4) is 0 Å². The number of benzene rings is 1. The Labute approximate surface area is 122 Å². The third-order valence-electron chi connectivity index (χ3n) is 3.96. The molecule has 0 radical (unpaired) electrons. The standard InChI is InChI=1S/C14H13F6NO/c1-12(5-6-13(15,16)17)9-7-8(14(18,19)20)3-4-10(9)21(2)11(12)22/h3-4,7H,5-6H2,1-2H3. The summed E-state index contributed by atoms with van der Waals surface area (Å²) in [4.78, 5) is 13.3. The molecule has 1 aliphatic heterocycles. The monoisotopic (exact) mass is 325 g/mol. The molecule has 0 N–H and O–H groups in total. The lowest BCUT2D eigenvalue weighted by Crippen LogP contribution is -2.37. The number of hydrogen-bond acceptors (Lipinski definition) is 1. The molecule has 1 unspecified atom stereocenters. The highest BCUT2D eigenvalue weighted by molar-refractivity contribution is 6.07. The van der Waals surface area contributed by atoms with E-state index in [0.29, 0.717) is 0 Å². The van der Waals surface area contributed by atoms with Crippen LogP contribution in [0.15, 0.2) is 18.2 Å². The summed E-state index contributed by atoms with van der Waals surface area (Å²) < 4.78 is 75.7. The summed E-state index contributed by atoms with van der Waals surface area (Å²) in [5.41, 5.74) is -2.39. The maximum atomic E-state index is 12.8. The lowest BCUT2D eigenvalue weighted by atomic mass is 9.79. The maximum absolute atomic E-state index is 12.8. The number of likely N-dealkylation sites (N-methyl/N-ethyl adjacent to an activating group) is 1. The minimum absolute atomic E-state index is 0.0147. The van der Waals surface area contributed by atoms with Crippen molar-refractivity contribution in [1.82, 2.24) is 0 Å². The van der Waals surface area contributed by atoms with Crippen molar-refractivity contribution in [2.45, 2.75) is 37.5 Å². The molecular weight excluding hydrogens is 312 g/mol. The minimum Gasteiger partial charge on any atom is -0.314 e. The number of alkyl halides is 6. The number of halogens is 6. The first-order chi connectivity index (χ1) is 9.86. The summed E-state index contributed by atoms with van der Waals surface area (Å²) >= 11 is 0. The number of hydrogen-bond donors (Lipinski definition) is 0. The van der Waals surface area contributed by atoms with Gasteiger partial charge in [0.25, 0.3) is 0 Å². The molecule has 2 nitrogen and oxygen atoms in total. The highest BCUT2D eigenvalue weighted by Gasteiger charge is 2.48. The highest BCUT2D eigenvalue weighted by atomic mass is 19.4. The largest absolute Gasteiger partial charge is 0.416 e. The van der Waals surface area contributed by atoms with Crippen LogP contribution in [-0.4, -0.2) is 19.1 Å². The van der Waals surface area contributed by atoms with E-state index in [9.17, 15) is 31.1 Å². The number of rotatable bonds is 2. The maximum Gasteiger partial charge on any atom is 0.416 e. The van der Waals surface area contributed by atoms with Crippen LogP contribution in [0, 0.1) is 0 Å². The lowest BCUT2D eigenvalue weighted by molar-refractivity contribution is -0.142. The van der Waals surface area contributed by atoms with Crippen LogP contribution in [0.25, 0.3) is 0 Å². The zero-order chi connectivity index (χ0) is 16.9. The molecule has 22 heavy (non-hydrogen) atoms. The van der Waals surface area contributed by atoms with Crippen molar-refractivity contribution in [2.75, 3.05) is 11.9 Å². The number of carbonyl (C=O) groups excluding carboxylic acids is 1. The van der Waals surface area contributed by atoms with Crippen LogP contribution in [0.3, 0.4) is 0 Å². The van der Waals surface area contributed by atoms with E-state index in [1.165, 1.54) is 14.0 Å². The third-order valence-corrected chi connectivity index (χ3v) is 3.96. The molecule has 1 aromatic carbocycles. The molecule has 0 aromatic heterocycles. The molecular formula is C14H13F6NO. The molecule has 1 amide bonds. The fourth-order valence-corrected chi connectivity index (χ4v) is 2.67. The van der Waals surface area contributed by atoms with E-state index in [2.05, 4.69) is 0 Å². The SMILES string of the molecule is CN1C(=O)C(C)(CCC(F)(F)F)c2cc(C(F)(F)F)ccc21. The second kappa shape index (κ2) is 4.89. The van der Waals surface area contributed by atoms with E-state index in [-0.39, 0.29) is 11.3 Å². The van der Waals surface area contributed by atoms with Gasteiger partial charge in [-0.05, 0) is 37.1 Å². The molecule has 0 saturated heterocycles. The van der Waals surface area contributed by atoms with Gasteiger partial charge in [0.1, 0.15) is 0 Å². The topological polar surface area (TPSA) is 20.3 Å². The molecule has 1 atom stereocenters. The van der Waals surface area contributed by atoms with Gasteiger partial charge in [0.2, 0.25) is 5.91 Å². The number of fused-ring (bicyclic) bond motifs is 1. The van der Waals surface area contributed by atoms with Gasteiger partial charge in [-0.2, -0.15) is 26.3 Å². The molecule has 1 aromatic rings. The van der Waals surface area contributed by atoms with Crippen molar-refractivity contribution in [1.29, 1.82) is 0 Å². The van der Waals surface area contributed by atoms with Crippen LogP contribution in [0.5, 0.6) is 0 Å². The molecule has 1 aliphatic rings. The third kappa shape index (κ3) is 2.78. The van der Waals surface area contributed by atoms with Gasteiger partial charge in [-0.1, -0.05) is 0 Å². The van der Waals surface area contributed by atoms with Crippen LogP contribution < -0.4 is 4.90 Å². The van der Waals surface area contributed by atoms with E-state index in [4.69, 9.17) is 0 Å². The second-order valence-electron chi connectivity index (χ2n) is 5.54. The first-order valence-corrected chi connectivity index (χ1v) is 6.43. The van der Waals surface area contributed by atoms with Crippen LogP contribution >= 0.6 is 0 Å². The van der Waals surface area contributed by atoms with Crippen LogP contribution in [0.4, 0.5) is 32.0 Å². The average molecular weight is 325 g/mol. The van der Waals surface area contributed by atoms with E-state index in [1.807, 2.05) is 0 Å². The predicted octanol–water partition coefficient (Wildman–Crippen LogP) is 4.28. The summed E-state index contributed by atoms with van der Waals surface area (Å²) in [5, 5.41) is 0. The molecule has 0 spiro atoms. The Morgan fingerprint density at radius 3 is 2.23 bits per heavy atom. The van der Waals surface area contributed by atoms with Gasteiger partial charge in [-0.25, -0.2) is 0 Å². The van der Waals surface area contributed by atoms with E-state index >= 15 is 0 Å². The first kappa shape index (κ1) is 16.6. The summed E-state index contributed by atoms with van der Waals surface area (Å²) in [6, 6.07) is 2.71. The van der Waals surface area contributed by atoms with Gasteiger partial charge in [0, 0.05) is 19.2 Å². The summed E-state index contributed by atoms with van der Waals surface area (Å²) in [7, 11) is 1.34. The van der Waals surface area contributed by atoms with Gasteiger partial charge >= 0.3 is 12.4 Å². The summed E-state index contributed by atoms with van der Waals surface area (Å²) in [6.45, 7) is 1.25. The van der Waals surface area contributed by atoms with E-state index in [1.54, 1.807) is 0 Å². The van der Waals surface area contributed by atoms with Crippen LogP contribution in [0.2, 0.25) is 0 Å². The summed E-state index contributed by atoms with van der Waals surface area (Å²) in [5.74, 6) is -0.633. The Bertz CT molecular complexity index is 606. The second-order valence-corrected chi connectivity index (χ2v) is 5.54. The molecule has 122 valence electrons. The smallest absolute Gasteiger partial charge is 0.314 e. The van der Waals surface area contributed by atoms with Crippen molar-refractivity contribution in [3.05, 3.63) is 29.3 Å². The number of amides is 1. The minimum atomic E-state index is -4.62. The Morgan fingerprint density at radius 1 is 1.14 bits per heavy atom. The molecule has 8 heteroatoms. The molecule has 0 aliphatic carbocycles. The zero-order valence-corrected chi connectivity index (χ0v) is 11.8. The molecule has 1 heterocycles. The van der Waals surface area contributed by atoms with Gasteiger partial charge in [-0.15, -0.1) is 0 Å². The lowest BCUT2D eigenvalue weighted by Gasteiger charge is -2.24. The first-order valence-electron chi connectivity index (χ1n) is 6.43. The van der Waals surface area contributed by atoms with E-state index < -0.39 is 42.1 Å². The molecule has 0 bridgehead atoms. The summed E-state index contributed by atoms with van der Waals surface area (Å²) in [6.07, 6.45) is -10.9. The Balaban J connectivity index is 2.48. The van der Waals surface area contributed by atoms with Gasteiger partial charge in [0.15, 0.2) is 0 Å². The molecule has 0 fully saturated rings. The van der Waals surface area contributed by atoms with Gasteiger partial charge in [-0.3, -0.25) is 4.79 Å². The quantitative estimate of drug-likeness (QED) is 0.743. The Hall–Kier alpha value is -1.73. The van der Waals surface area contributed by atoms with Crippen molar-refractivity contribution in [2.24, 2.45) is 0 Å². The number of carbonyl (C=O) groups is 1. The van der Waals surface area contributed by atoms with Gasteiger partial charge in [0.05, 0.1) is 11.0 Å². The fourth-order valence-electron chi connectivity index (χ4n) is 2.67. The van der Waals surface area contributed by atoms with Crippen LogP contribution in [0.1, 0.15) is 30.9 Å². The Kier molecular flexibility index (Phi) is 3.70. The van der Waals surface area contributed by atoms with Crippen molar-refractivity contribution < 1.29 is 31.1 Å². The highest BCUT2D eigenvalue weighted by Crippen LogP contribution is 2.47. The number of nitrogens with zero attached hydrogens (tertiary/aromatic N) is 1. The predicted molar refractivity (Wildman–Crippen MR) is 67.5 cm³/mol. The van der Waals surface area contributed by atoms with Gasteiger partial charge < -0.3 is 4.90 Å². The van der Waals surface area contributed by atoms with Crippen molar-refractivity contribution >= 4 is 11.6 Å². The zero-order valence-electron chi connectivity index (χ0n) is 11.8. The van der Waals surface area contributed by atoms with E-state index in [0.717, 1.165) is 23.1 Å². The average Bonchev–Trinajstić information content (AvgIpc) is 2.58.